The Labute approximate surface area is 220 Å². The quantitative estimate of drug-likeness (QED) is 0.270. The number of rotatable bonds is 9. The summed E-state index contributed by atoms with van der Waals surface area (Å²) in [6, 6.07) is 7.36. The van der Waals surface area contributed by atoms with Crippen molar-refractivity contribution in [3.05, 3.63) is 62.1 Å². The summed E-state index contributed by atoms with van der Waals surface area (Å²) in [5.41, 5.74) is 2.82. The van der Waals surface area contributed by atoms with Gasteiger partial charge in [-0.3, -0.25) is 20.3 Å². The number of likely N-dealkylation sites (N-methyl/N-ethyl adjacent to an activating group) is 1. The molecule has 1 amide bonds. The average Bonchev–Trinajstić information content (AvgIpc) is 2.86. The zero-order valence-corrected chi connectivity index (χ0v) is 22.2. The van der Waals surface area contributed by atoms with Crippen molar-refractivity contribution in [1.82, 2.24) is 9.21 Å². The summed E-state index contributed by atoms with van der Waals surface area (Å²) in [6.07, 6.45) is 3.03. The molecule has 0 saturated carbocycles. The second-order valence-electron chi connectivity index (χ2n) is 8.11. The number of non-ortho nitro benzene ring substituents is 1. The zero-order chi connectivity index (χ0) is 26.5. The summed E-state index contributed by atoms with van der Waals surface area (Å²) < 4.78 is 28.8. The van der Waals surface area contributed by atoms with E-state index in [-0.39, 0.29) is 23.0 Å². The molecule has 2 aromatic carbocycles. The third kappa shape index (κ3) is 6.15. The molecule has 0 aliphatic carbocycles. The minimum Gasteiger partial charge on any atom is -0.342 e. The highest BCUT2D eigenvalue weighted by Gasteiger charge is 2.40. The van der Waals surface area contributed by atoms with Crippen LogP contribution in [-0.4, -0.2) is 60.3 Å². The third-order valence-electron chi connectivity index (χ3n) is 5.93. The van der Waals surface area contributed by atoms with Crippen LogP contribution in [0.5, 0.6) is 0 Å². The number of nitrogens with zero attached hydrogens (tertiary/aromatic N) is 4. The number of sulfonamides is 1. The Kier molecular flexibility index (Phi) is 9.29. The molecular formula is C23H27Cl2N5O5S. The van der Waals surface area contributed by atoms with Gasteiger partial charge in [-0.05, 0) is 44.9 Å². The lowest BCUT2D eigenvalue weighted by Gasteiger charge is -2.36. The molecule has 0 radical (unpaired) electrons. The SMILES string of the molecule is CCN(CC)C(=O)C1CCCCN1S(=O)(=O)c1cc([N+](=O)[O-])ccc1N/N=C/c1ccc(Cl)cc1Cl. The summed E-state index contributed by atoms with van der Waals surface area (Å²) in [6.45, 7) is 4.69. The monoisotopic (exact) mass is 555 g/mol. The molecule has 2 aromatic rings. The number of piperidine rings is 1. The number of halogens is 2. The van der Waals surface area contributed by atoms with E-state index in [2.05, 4.69) is 10.5 Å². The summed E-state index contributed by atoms with van der Waals surface area (Å²) in [4.78, 5) is 25.2. The number of nitro groups is 1. The van der Waals surface area contributed by atoms with E-state index in [4.69, 9.17) is 23.2 Å². The lowest BCUT2D eigenvalue weighted by molar-refractivity contribution is -0.385. The fraction of sp³-hybridized carbons (Fsp3) is 0.391. The molecule has 1 fully saturated rings. The summed E-state index contributed by atoms with van der Waals surface area (Å²) in [7, 11) is -4.30. The Bertz CT molecular complexity index is 1270. The third-order valence-corrected chi connectivity index (χ3v) is 8.44. The van der Waals surface area contributed by atoms with Gasteiger partial charge < -0.3 is 4.90 Å². The summed E-state index contributed by atoms with van der Waals surface area (Å²) in [5, 5.41) is 16.3. The number of hydrazone groups is 1. The number of carbonyl (C=O) groups excluding carboxylic acids is 1. The van der Waals surface area contributed by atoms with Crippen molar-refractivity contribution < 1.29 is 18.1 Å². The van der Waals surface area contributed by atoms with E-state index in [0.717, 1.165) is 10.4 Å². The van der Waals surface area contributed by atoms with E-state index in [1.54, 1.807) is 17.0 Å². The summed E-state index contributed by atoms with van der Waals surface area (Å²) in [5.74, 6) is -0.279. The Balaban J connectivity index is 2.00. The Hall–Kier alpha value is -2.73. The number of benzene rings is 2. The van der Waals surface area contributed by atoms with E-state index in [9.17, 15) is 23.3 Å². The van der Waals surface area contributed by atoms with Crippen molar-refractivity contribution in [3.8, 4) is 0 Å². The van der Waals surface area contributed by atoms with Gasteiger partial charge in [-0.1, -0.05) is 35.7 Å². The second-order valence-corrected chi connectivity index (χ2v) is 10.8. The number of amides is 1. The first-order chi connectivity index (χ1) is 17.1. The number of hydrogen-bond acceptors (Lipinski definition) is 7. The smallest absolute Gasteiger partial charge is 0.270 e. The van der Waals surface area contributed by atoms with Crippen LogP contribution < -0.4 is 5.43 Å². The van der Waals surface area contributed by atoms with Gasteiger partial charge in [0.2, 0.25) is 15.9 Å². The van der Waals surface area contributed by atoms with Crippen LogP contribution >= 0.6 is 23.2 Å². The van der Waals surface area contributed by atoms with Crippen LogP contribution in [0.4, 0.5) is 11.4 Å². The van der Waals surface area contributed by atoms with Gasteiger partial charge in [-0.25, -0.2) is 8.42 Å². The number of nitro benzene ring substituents is 1. The topological polar surface area (TPSA) is 125 Å². The molecule has 0 spiro atoms. The molecule has 10 nitrogen and oxygen atoms in total. The first kappa shape index (κ1) is 27.9. The van der Waals surface area contributed by atoms with Crippen LogP contribution in [-0.2, 0) is 14.8 Å². The van der Waals surface area contributed by atoms with Crippen molar-refractivity contribution in [2.75, 3.05) is 25.1 Å². The Morgan fingerprint density at radius 1 is 1.22 bits per heavy atom. The van der Waals surface area contributed by atoms with Crippen LogP contribution in [0.1, 0.15) is 38.7 Å². The molecule has 1 saturated heterocycles. The van der Waals surface area contributed by atoms with Gasteiger partial charge in [-0.2, -0.15) is 9.41 Å². The molecule has 1 aliphatic heterocycles. The van der Waals surface area contributed by atoms with Gasteiger partial charge in [0, 0.05) is 42.4 Å². The molecule has 194 valence electrons. The van der Waals surface area contributed by atoms with E-state index < -0.39 is 26.7 Å². The Morgan fingerprint density at radius 3 is 2.58 bits per heavy atom. The van der Waals surface area contributed by atoms with Crippen molar-refractivity contribution in [2.24, 2.45) is 5.10 Å². The van der Waals surface area contributed by atoms with Crippen LogP contribution in [0.3, 0.4) is 0 Å². The van der Waals surface area contributed by atoms with Crippen molar-refractivity contribution in [3.63, 3.8) is 0 Å². The molecule has 0 bridgehead atoms. The van der Waals surface area contributed by atoms with Crippen LogP contribution in [0.25, 0.3) is 0 Å². The largest absolute Gasteiger partial charge is 0.342 e. The minimum absolute atomic E-state index is 0.0292. The average molecular weight is 556 g/mol. The normalized spacial score (nSPS) is 16.7. The van der Waals surface area contributed by atoms with Crippen molar-refractivity contribution in [1.29, 1.82) is 0 Å². The van der Waals surface area contributed by atoms with Gasteiger partial charge in [0.05, 0.1) is 21.8 Å². The highest BCUT2D eigenvalue weighted by Crippen LogP contribution is 2.33. The lowest BCUT2D eigenvalue weighted by Crippen LogP contribution is -2.52. The van der Waals surface area contributed by atoms with E-state index >= 15 is 0 Å². The van der Waals surface area contributed by atoms with Crippen molar-refractivity contribution in [2.45, 2.75) is 44.0 Å². The molecule has 1 heterocycles. The molecule has 1 atom stereocenters. The van der Waals surface area contributed by atoms with Crippen LogP contribution in [0, 0.1) is 10.1 Å². The Morgan fingerprint density at radius 2 is 1.94 bits per heavy atom. The molecule has 1 unspecified atom stereocenters. The molecule has 0 aromatic heterocycles. The first-order valence-electron chi connectivity index (χ1n) is 11.4. The molecule has 36 heavy (non-hydrogen) atoms. The second kappa shape index (κ2) is 12.0. The number of nitrogens with one attached hydrogen (secondary N) is 1. The molecular weight excluding hydrogens is 529 g/mol. The highest BCUT2D eigenvalue weighted by atomic mass is 35.5. The van der Waals surface area contributed by atoms with Gasteiger partial charge in [0.15, 0.2) is 0 Å². The van der Waals surface area contributed by atoms with Crippen LogP contribution in [0.2, 0.25) is 10.0 Å². The fourth-order valence-corrected chi connectivity index (χ4v) is 6.29. The van der Waals surface area contributed by atoms with Gasteiger partial charge in [0.1, 0.15) is 10.9 Å². The minimum atomic E-state index is -4.30. The maximum atomic E-state index is 13.8. The number of hydrogen-bond donors (Lipinski definition) is 1. The predicted octanol–water partition coefficient (Wildman–Crippen LogP) is 4.76. The highest BCUT2D eigenvalue weighted by molar-refractivity contribution is 7.89. The number of anilines is 1. The van der Waals surface area contributed by atoms with E-state index in [1.165, 1.54) is 24.4 Å². The number of carbonyl (C=O) groups is 1. The van der Waals surface area contributed by atoms with Crippen molar-refractivity contribution >= 4 is 56.7 Å². The molecule has 13 heteroatoms. The zero-order valence-electron chi connectivity index (χ0n) is 19.9. The fourth-order valence-electron chi connectivity index (χ4n) is 4.02. The van der Waals surface area contributed by atoms with Gasteiger partial charge in [-0.15, -0.1) is 0 Å². The molecule has 3 rings (SSSR count). The maximum Gasteiger partial charge on any atom is 0.270 e. The standard InChI is InChI=1S/C23H27Cl2N5O5S/c1-3-28(4-2)23(31)21-7-5-6-12-29(21)36(34,35)22-14-18(30(32)33)10-11-20(22)27-26-15-16-8-9-17(24)13-19(16)25/h8-11,13-15,21,27H,3-7,12H2,1-2H3/b26-15+. The predicted molar refractivity (Wildman–Crippen MR) is 140 cm³/mol. The first-order valence-corrected chi connectivity index (χ1v) is 13.6. The van der Waals surface area contributed by atoms with E-state index in [0.29, 0.717) is 48.0 Å². The molecule has 1 aliphatic rings. The lowest BCUT2D eigenvalue weighted by atomic mass is 10.0. The molecule has 1 N–H and O–H groups in total. The summed E-state index contributed by atoms with van der Waals surface area (Å²) >= 11 is 12.1. The van der Waals surface area contributed by atoms with Gasteiger partial charge >= 0.3 is 0 Å². The van der Waals surface area contributed by atoms with Crippen LogP contribution in [0.15, 0.2) is 46.4 Å². The maximum absolute atomic E-state index is 13.8. The van der Waals surface area contributed by atoms with Gasteiger partial charge in [0.25, 0.3) is 5.69 Å². The van der Waals surface area contributed by atoms with E-state index in [1.807, 2.05) is 13.8 Å².